The van der Waals surface area contributed by atoms with Crippen molar-refractivity contribution in [2.75, 3.05) is 26.8 Å². The second-order valence-corrected chi connectivity index (χ2v) is 5.51. The van der Waals surface area contributed by atoms with Gasteiger partial charge in [0.15, 0.2) is 0 Å². The molecule has 2 heterocycles. The van der Waals surface area contributed by atoms with Crippen molar-refractivity contribution < 1.29 is 9.53 Å². The van der Waals surface area contributed by atoms with Gasteiger partial charge in [-0.3, -0.25) is 4.90 Å². The molecule has 1 aliphatic heterocycles. The highest BCUT2D eigenvalue weighted by Gasteiger charge is 2.33. The summed E-state index contributed by atoms with van der Waals surface area (Å²) in [7, 11) is 2.03. The first kappa shape index (κ1) is 12.7. The molecule has 1 atom stereocenters. The van der Waals surface area contributed by atoms with Crippen LogP contribution in [0.25, 0.3) is 0 Å². The van der Waals surface area contributed by atoms with Crippen LogP contribution in [-0.4, -0.2) is 43.0 Å². The smallest absolute Gasteiger partial charge is 0.129 e. The molecule has 17 heavy (non-hydrogen) atoms. The van der Waals surface area contributed by atoms with Gasteiger partial charge in [-0.2, -0.15) is 0 Å². The number of thiazole rings is 1. The van der Waals surface area contributed by atoms with Gasteiger partial charge in [-0.1, -0.05) is 0 Å². The van der Waals surface area contributed by atoms with Crippen molar-refractivity contribution in [3.8, 4) is 0 Å². The summed E-state index contributed by atoms with van der Waals surface area (Å²) in [4.78, 5) is 17.7. The zero-order valence-electron chi connectivity index (χ0n) is 10.1. The summed E-state index contributed by atoms with van der Waals surface area (Å²) in [5.41, 5.74) is 2.58. The minimum absolute atomic E-state index is 0.316. The third-order valence-corrected chi connectivity index (χ3v) is 3.74. The van der Waals surface area contributed by atoms with Crippen molar-refractivity contribution in [1.82, 2.24) is 9.88 Å². The van der Waals surface area contributed by atoms with Crippen molar-refractivity contribution in [2.45, 2.75) is 19.4 Å². The van der Waals surface area contributed by atoms with Crippen LogP contribution in [0.3, 0.4) is 0 Å². The molecular weight excluding hydrogens is 236 g/mol. The van der Waals surface area contributed by atoms with E-state index in [9.17, 15) is 4.79 Å². The zero-order chi connectivity index (χ0) is 12.1. The highest BCUT2D eigenvalue weighted by Crippen LogP contribution is 2.27. The van der Waals surface area contributed by atoms with Gasteiger partial charge in [0.25, 0.3) is 0 Å². The number of carbonyl (C=O) groups excluding carboxylic acids is 1. The van der Waals surface area contributed by atoms with Crippen LogP contribution in [0.15, 0.2) is 10.9 Å². The number of nitrogens with zero attached hydrogens (tertiary/aromatic N) is 2. The molecule has 1 fully saturated rings. The lowest BCUT2D eigenvalue weighted by molar-refractivity contribution is -0.125. The van der Waals surface area contributed by atoms with E-state index in [-0.39, 0.29) is 5.41 Å². The largest absolute Gasteiger partial charge is 0.380 e. The molecule has 0 radical (unpaired) electrons. The molecule has 1 aromatic heterocycles. The van der Waals surface area contributed by atoms with Crippen LogP contribution in [0.4, 0.5) is 0 Å². The van der Waals surface area contributed by atoms with E-state index in [2.05, 4.69) is 9.88 Å². The molecule has 0 spiro atoms. The molecule has 1 unspecified atom stereocenters. The van der Waals surface area contributed by atoms with Gasteiger partial charge in [-0.05, 0) is 19.9 Å². The molecule has 1 aromatic rings. The molecule has 0 aromatic carbocycles. The molecule has 4 nitrogen and oxygen atoms in total. The molecule has 0 amide bonds. The summed E-state index contributed by atoms with van der Waals surface area (Å²) < 4.78 is 5.44. The number of ether oxygens (including phenoxy) is 1. The lowest BCUT2D eigenvalue weighted by Crippen LogP contribution is -2.42. The predicted octanol–water partition coefficient (Wildman–Crippen LogP) is 1.57. The number of rotatable bonds is 5. The second kappa shape index (κ2) is 5.71. The molecule has 0 saturated carbocycles. The monoisotopic (exact) mass is 254 g/mol. The van der Waals surface area contributed by atoms with Crippen LogP contribution in [0.2, 0.25) is 0 Å². The molecule has 94 valence electrons. The Balaban J connectivity index is 1.91. The Morgan fingerprint density at radius 3 is 3.18 bits per heavy atom. The molecule has 0 bridgehead atoms. The Morgan fingerprint density at radius 1 is 1.71 bits per heavy atom. The van der Waals surface area contributed by atoms with Crippen molar-refractivity contribution >= 4 is 17.6 Å². The fourth-order valence-electron chi connectivity index (χ4n) is 2.31. The summed E-state index contributed by atoms with van der Waals surface area (Å²) >= 11 is 1.60. The highest BCUT2D eigenvalue weighted by atomic mass is 32.1. The van der Waals surface area contributed by atoms with Gasteiger partial charge < -0.3 is 9.53 Å². The number of aldehydes is 1. The molecule has 5 heteroatoms. The van der Waals surface area contributed by atoms with E-state index >= 15 is 0 Å². The third-order valence-electron chi connectivity index (χ3n) is 3.10. The normalized spacial score (nSPS) is 25.1. The minimum Gasteiger partial charge on any atom is -0.380 e. The van der Waals surface area contributed by atoms with Crippen molar-refractivity contribution in [2.24, 2.45) is 5.41 Å². The van der Waals surface area contributed by atoms with E-state index < -0.39 is 0 Å². The first-order valence-corrected chi connectivity index (χ1v) is 6.78. The van der Waals surface area contributed by atoms with E-state index in [1.165, 1.54) is 0 Å². The molecule has 1 saturated heterocycles. The topological polar surface area (TPSA) is 42.4 Å². The summed E-state index contributed by atoms with van der Waals surface area (Å²) in [6.45, 7) is 2.87. The third kappa shape index (κ3) is 3.34. The summed E-state index contributed by atoms with van der Waals surface area (Å²) in [6, 6.07) is 0. The lowest BCUT2D eigenvalue weighted by atomic mass is 9.83. The van der Waals surface area contributed by atoms with Crippen molar-refractivity contribution in [1.29, 1.82) is 0 Å². The predicted molar refractivity (Wildman–Crippen MR) is 67.0 cm³/mol. The number of carbonyl (C=O) groups is 1. The molecule has 2 rings (SSSR count). The van der Waals surface area contributed by atoms with Crippen LogP contribution in [-0.2, 0) is 16.1 Å². The van der Waals surface area contributed by atoms with E-state index in [1.807, 2.05) is 17.9 Å². The van der Waals surface area contributed by atoms with Crippen LogP contribution < -0.4 is 0 Å². The van der Waals surface area contributed by atoms with E-state index in [0.29, 0.717) is 6.61 Å². The van der Waals surface area contributed by atoms with Crippen LogP contribution in [0.1, 0.15) is 18.5 Å². The van der Waals surface area contributed by atoms with E-state index in [0.717, 1.165) is 44.5 Å². The van der Waals surface area contributed by atoms with Crippen molar-refractivity contribution in [3.05, 3.63) is 16.6 Å². The highest BCUT2D eigenvalue weighted by molar-refractivity contribution is 7.07. The Hall–Kier alpha value is -0.780. The first-order chi connectivity index (χ1) is 8.24. The van der Waals surface area contributed by atoms with E-state index in [4.69, 9.17) is 4.74 Å². The SMILES string of the molecule is CN(Cc1cscn1)CC1(C=O)CCCOC1. The average molecular weight is 254 g/mol. The second-order valence-electron chi connectivity index (χ2n) is 4.79. The molecule has 0 N–H and O–H groups in total. The van der Waals surface area contributed by atoms with Gasteiger partial charge in [0.05, 0.1) is 23.2 Å². The average Bonchev–Trinajstić information content (AvgIpc) is 2.83. The summed E-state index contributed by atoms with van der Waals surface area (Å²) in [6.07, 6.45) is 2.98. The van der Waals surface area contributed by atoms with Gasteiger partial charge in [0.1, 0.15) is 6.29 Å². The Morgan fingerprint density at radius 2 is 2.59 bits per heavy atom. The summed E-state index contributed by atoms with van der Waals surface area (Å²) in [5.74, 6) is 0. The Labute approximate surface area is 106 Å². The maximum Gasteiger partial charge on any atom is 0.129 e. The Bertz CT molecular complexity index is 347. The molecular formula is C12H18N2O2S. The first-order valence-electron chi connectivity index (χ1n) is 5.84. The Kier molecular flexibility index (Phi) is 4.25. The van der Waals surface area contributed by atoms with E-state index in [1.54, 1.807) is 11.3 Å². The van der Waals surface area contributed by atoms with Crippen LogP contribution in [0.5, 0.6) is 0 Å². The van der Waals surface area contributed by atoms with Gasteiger partial charge in [0, 0.05) is 25.1 Å². The maximum absolute atomic E-state index is 11.3. The number of hydrogen-bond donors (Lipinski definition) is 0. The molecule has 1 aliphatic rings. The van der Waals surface area contributed by atoms with Gasteiger partial charge in [0.2, 0.25) is 0 Å². The quantitative estimate of drug-likeness (QED) is 0.748. The molecule has 0 aliphatic carbocycles. The van der Waals surface area contributed by atoms with Gasteiger partial charge >= 0.3 is 0 Å². The number of hydrogen-bond acceptors (Lipinski definition) is 5. The lowest BCUT2D eigenvalue weighted by Gasteiger charge is -2.35. The maximum atomic E-state index is 11.3. The standard InChI is InChI=1S/C12H18N2O2S/c1-14(5-11-6-17-10-13-11)7-12(8-15)3-2-4-16-9-12/h6,8,10H,2-5,7,9H2,1H3. The fourth-order valence-corrected chi connectivity index (χ4v) is 2.86. The van der Waals surface area contributed by atoms with Crippen LogP contribution in [0, 0.1) is 5.41 Å². The fraction of sp³-hybridized carbons (Fsp3) is 0.667. The van der Waals surface area contributed by atoms with Crippen molar-refractivity contribution in [3.63, 3.8) is 0 Å². The van der Waals surface area contributed by atoms with Gasteiger partial charge in [-0.25, -0.2) is 4.98 Å². The zero-order valence-corrected chi connectivity index (χ0v) is 10.9. The minimum atomic E-state index is -0.316. The van der Waals surface area contributed by atoms with Gasteiger partial charge in [-0.15, -0.1) is 11.3 Å². The summed E-state index contributed by atoms with van der Waals surface area (Å²) in [5, 5.41) is 2.04. The van der Waals surface area contributed by atoms with Crippen LogP contribution >= 0.6 is 11.3 Å². The number of aromatic nitrogens is 1.